The molecule has 0 aliphatic carbocycles. The highest BCUT2D eigenvalue weighted by Crippen LogP contribution is 2.30. The van der Waals surface area contributed by atoms with E-state index < -0.39 is 22.9 Å². The maximum Gasteiger partial charge on any atom is 0.434 e. The molecule has 0 aliphatic rings. The Kier molecular flexibility index (Phi) is 6.53. The Morgan fingerprint density at radius 3 is 2.12 bits per heavy atom. The fraction of sp³-hybridized carbons (Fsp3) is 0.375. The summed E-state index contributed by atoms with van der Waals surface area (Å²) < 4.78 is 49.4. The number of hydrogen-bond donors (Lipinski definition) is 1. The SMILES string of the molecule is CC(C)(C)OC(=O)C(C)(C)COc1ccc(-c2ccc(-c3nc(C(F)(F)F)c[nH]3)cn2)cc1. The summed E-state index contributed by atoms with van der Waals surface area (Å²) in [5, 5.41) is 0. The van der Waals surface area contributed by atoms with E-state index in [2.05, 4.69) is 15.0 Å². The molecule has 6 nitrogen and oxygen atoms in total. The predicted octanol–water partition coefficient (Wildman–Crippen LogP) is 5.90. The zero-order valence-corrected chi connectivity index (χ0v) is 19.1. The number of ether oxygens (including phenoxy) is 2. The molecule has 0 fully saturated rings. The normalized spacial score (nSPS) is 12.5. The lowest BCUT2D eigenvalue weighted by molar-refractivity contribution is -0.167. The van der Waals surface area contributed by atoms with Gasteiger partial charge in [0.25, 0.3) is 0 Å². The van der Waals surface area contributed by atoms with Crippen LogP contribution in [0.3, 0.4) is 0 Å². The van der Waals surface area contributed by atoms with Gasteiger partial charge in [-0.3, -0.25) is 9.78 Å². The smallest absolute Gasteiger partial charge is 0.434 e. The Balaban J connectivity index is 1.64. The van der Waals surface area contributed by atoms with Crippen molar-refractivity contribution in [2.75, 3.05) is 6.61 Å². The molecule has 2 heterocycles. The van der Waals surface area contributed by atoms with E-state index in [1.165, 1.54) is 6.20 Å². The van der Waals surface area contributed by atoms with Gasteiger partial charge >= 0.3 is 12.1 Å². The number of benzene rings is 1. The average Bonchev–Trinajstić information content (AvgIpc) is 3.22. The molecule has 0 radical (unpaired) electrons. The van der Waals surface area contributed by atoms with Crippen molar-refractivity contribution in [3.05, 3.63) is 54.5 Å². The number of hydrogen-bond acceptors (Lipinski definition) is 5. The molecule has 3 aromatic rings. The summed E-state index contributed by atoms with van der Waals surface area (Å²) in [7, 11) is 0. The van der Waals surface area contributed by atoms with Crippen LogP contribution < -0.4 is 4.74 Å². The summed E-state index contributed by atoms with van der Waals surface area (Å²) in [4.78, 5) is 22.8. The average molecular weight is 461 g/mol. The van der Waals surface area contributed by atoms with Crippen LogP contribution in [0.2, 0.25) is 0 Å². The van der Waals surface area contributed by atoms with Crippen molar-refractivity contribution in [3.63, 3.8) is 0 Å². The van der Waals surface area contributed by atoms with E-state index >= 15 is 0 Å². The van der Waals surface area contributed by atoms with Crippen molar-refractivity contribution in [1.29, 1.82) is 0 Å². The third-order valence-electron chi connectivity index (χ3n) is 4.61. The molecule has 176 valence electrons. The number of nitrogens with one attached hydrogen (secondary N) is 1. The number of carbonyl (C=O) groups is 1. The lowest BCUT2D eigenvalue weighted by atomic mass is 9.94. The summed E-state index contributed by atoms with van der Waals surface area (Å²) in [6.45, 7) is 9.12. The molecule has 0 saturated carbocycles. The predicted molar refractivity (Wildman–Crippen MR) is 117 cm³/mol. The van der Waals surface area contributed by atoms with Crippen LogP contribution in [-0.4, -0.2) is 33.1 Å². The molecule has 3 rings (SSSR count). The van der Waals surface area contributed by atoms with Crippen molar-refractivity contribution in [2.45, 2.75) is 46.4 Å². The standard InChI is InChI=1S/C24H26F3N3O3/c1-22(2,3)33-21(31)23(4,5)14-32-17-9-6-15(7-10-17)18-11-8-16(12-28-18)20-29-13-19(30-20)24(25,26)27/h6-13H,14H2,1-5H3,(H,29,30). The maximum atomic E-state index is 12.7. The van der Waals surface area contributed by atoms with Gasteiger partial charge in [-0.05, 0) is 71.0 Å². The van der Waals surface area contributed by atoms with E-state index in [0.717, 1.165) is 11.8 Å². The van der Waals surface area contributed by atoms with Gasteiger partial charge in [-0.15, -0.1) is 0 Å². The number of alkyl halides is 3. The third-order valence-corrected chi connectivity index (χ3v) is 4.61. The van der Waals surface area contributed by atoms with Crippen LogP contribution in [0.15, 0.2) is 48.8 Å². The van der Waals surface area contributed by atoms with Crippen molar-refractivity contribution in [3.8, 4) is 28.4 Å². The summed E-state index contributed by atoms with van der Waals surface area (Å²) in [6.07, 6.45) is -2.22. The summed E-state index contributed by atoms with van der Waals surface area (Å²) >= 11 is 0. The largest absolute Gasteiger partial charge is 0.492 e. The molecule has 33 heavy (non-hydrogen) atoms. The molecule has 0 amide bonds. The molecule has 0 saturated heterocycles. The molecule has 1 aromatic carbocycles. The van der Waals surface area contributed by atoms with E-state index in [-0.39, 0.29) is 18.4 Å². The van der Waals surface area contributed by atoms with Gasteiger partial charge < -0.3 is 14.5 Å². The van der Waals surface area contributed by atoms with Gasteiger partial charge in [0.1, 0.15) is 23.8 Å². The molecule has 0 unspecified atom stereocenters. The second kappa shape index (κ2) is 8.88. The van der Waals surface area contributed by atoms with Crippen LogP contribution in [-0.2, 0) is 15.7 Å². The van der Waals surface area contributed by atoms with E-state index in [4.69, 9.17) is 9.47 Å². The molecule has 0 atom stereocenters. The van der Waals surface area contributed by atoms with E-state index in [1.54, 1.807) is 38.1 Å². The van der Waals surface area contributed by atoms with E-state index in [1.807, 2.05) is 32.9 Å². The number of H-pyrrole nitrogens is 1. The van der Waals surface area contributed by atoms with Gasteiger partial charge in [0.2, 0.25) is 0 Å². The highest BCUT2D eigenvalue weighted by atomic mass is 19.4. The number of aromatic nitrogens is 3. The Morgan fingerprint density at radius 2 is 1.61 bits per heavy atom. The first-order valence-electron chi connectivity index (χ1n) is 10.3. The van der Waals surface area contributed by atoms with Crippen molar-refractivity contribution in [1.82, 2.24) is 15.0 Å². The highest BCUT2D eigenvalue weighted by molar-refractivity contribution is 5.76. The topological polar surface area (TPSA) is 77.1 Å². The van der Waals surface area contributed by atoms with Gasteiger partial charge in [0.15, 0.2) is 5.69 Å². The van der Waals surface area contributed by atoms with Crippen molar-refractivity contribution < 1.29 is 27.4 Å². The first-order chi connectivity index (χ1) is 15.2. The molecule has 0 aliphatic heterocycles. The van der Waals surface area contributed by atoms with Crippen LogP contribution in [0.4, 0.5) is 13.2 Å². The maximum absolute atomic E-state index is 12.7. The van der Waals surface area contributed by atoms with Crippen LogP contribution in [0, 0.1) is 5.41 Å². The lowest BCUT2D eigenvalue weighted by Gasteiger charge is -2.28. The minimum absolute atomic E-state index is 0.0951. The Hall–Kier alpha value is -3.36. The molecule has 9 heteroatoms. The molecule has 0 bridgehead atoms. The number of halogens is 3. The van der Waals surface area contributed by atoms with Gasteiger partial charge in [0.05, 0.1) is 11.1 Å². The number of imidazole rings is 1. The van der Waals surface area contributed by atoms with Crippen molar-refractivity contribution >= 4 is 5.97 Å². The van der Waals surface area contributed by atoms with Gasteiger partial charge in [-0.25, -0.2) is 4.98 Å². The number of pyridine rings is 1. The fourth-order valence-electron chi connectivity index (χ4n) is 2.78. The number of rotatable bonds is 6. The zero-order chi connectivity index (χ0) is 24.4. The van der Waals surface area contributed by atoms with Gasteiger partial charge in [0, 0.05) is 23.5 Å². The zero-order valence-electron chi connectivity index (χ0n) is 19.1. The second-order valence-electron chi connectivity index (χ2n) is 9.26. The van der Waals surface area contributed by atoms with E-state index in [0.29, 0.717) is 17.0 Å². The number of aromatic amines is 1. The Labute approximate surface area is 190 Å². The molecule has 2 aromatic heterocycles. The van der Waals surface area contributed by atoms with Crippen molar-refractivity contribution in [2.24, 2.45) is 5.41 Å². The molecular formula is C24H26F3N3O3. The molecule has 1 N–H and O–H groups in total. The number of nitrogens with zero attached hydrogens (tertiary/aromatic N) is 2. The van der Waals surface area contributed by atoms with Crippen LogP contribution in [0.5, 0.6) is 5.75 Å². The molecular weight excluding hydrogens is 435 g/mol. The summed E-state index contributed by atoms with van der Waals surface area (Å²) in [5.41, 5.74) is -0.486. The van der Waals surface area contributed by atoms with Gasteiger partial charge in [-0.2, -0.15) is 13.2 Å². The Bertz CT molecular complexity index is 1100. The number of esters is 1. The second-order valence-corrected chi connectivity index (χ2v) is 9.26. The first-order valence-corrected chi connectivity index (χ1v) is 10.3. The van der Waals surface area contributed by atoms with Gasteiger partial charge in [-0.1, -0.05) is 0 Å². The highest BCUT2D eigenvalue weighted by Gasteiger charge is 2.34. The fourth-order valence-corrected chi connectivity index (χ4v) is 2.78. The molecule has 0 spiro atoms. The minimum atomic E-state index is -4.51. The van der Waals surface area contributed by atoms with Crippen LogP contribution >= 0.6 is 0 Å². The minimum Gasteiger partial charge on any atom is -0.492 e. The monoisotopic (exact) mass is 461 g/mol. The summed E-state index contributed by atoms with van der Waals surface area (Å²) in [5.74, 6) is 0.342. The quantitative estimate of drug-likeness (QED) is 0.462. The lowest BCUT2D eigenvalue weighted by Crippen LogP contribution is -2.37. The summed E-state index contributed by atoms with van der Waals surface area (Å²) in [6, 6.07) is 10.5. The van der Waals surface area contributed by atoms with E-state index in [9.17, 15) is 18.0 Å². The van der Waals surface area contributed by atoms with Crippen LogP contribution in [0.25, 0.3) is 22.6 Å². The third kappa shape index (κ3) is 6.34. The first kappa shape index (κ1) is 24.3. The van der Waals surface area contributed by atoms with Crippen LogP contribution in [0.1, 0.15) is 40.3 Å². The Morgan fingerprint density at radius 1 is 0.970 bits per heavy atom. The number of carbonyl (C=O) groups excluding carboxylic acids is 1.